The number of carbonyl (C=O) groups is 1. The maximum absolute atomic E-state index is 12.2. The normalized spacial score (nSPS) is 22.9. The Balaban J connectivity index is 2.04. The van der Waals surface area contributed by atoms with Gasteiger partial charge < -0.3 is 0 Å². The van der Waals surface area contributed by atoms with Crippen LogP contribution in [0.3, 0.4) is 0 Å². The number of carbonyl (C=O) groups excluding carboxylic acids is 1. The molecule has 1 fully saturated rings. The smallest absolute Gasteiger partial charge is 0.240 e. The maximum atomic E-state index is 12.2. The van der Waals surface area contributed by atoms with E-state index in [0.717, 1.165) is 6.42 Å². The van der Waals surface area contributed by atoms with E-state index in [1.165, 1.54) is 31.9 Å². The molecule has 4 nitrogen and oxygen atoms in total. The van der Waals surface area contributed by atoms with Crippen LogP contribution in [0.15, 0.2) is 29.2 Å². The molecule has 0 spiro atoms. The Morgan fingerprint density at radius 2 is 1.90 bits per heavy atom. The fourth-order valence-corrected chi connectivity index (χ4v) is 3.79. The van der Waals surface area contributed by atoms with Crippen molar-refractivity contribution in [3.63, 3.8) is 0 Å². The van der Waals surface area contributed by atoms with Crippen LogP contribution in [0.1, 0.15) is 43.5 Å². The van der Waals surface area contributed by atoms with E-state index >= 15 is 0 Å². The van der Waals surface area contributed by atoms with Crippen LogP contribution in [0.2, 0.25) is 0 Å². The van der Waals surface area contributed by atoms with E-state index in [9.17, 15) is 13.2 Å². The lowest BCUT2D eigenvalue weighted by Gasteiger charge is -2.16. The quantitative estimate of drug-likeness (QED) is 0.849. The number of rotatable bonds is 5. The molecule has 0 radical (unpaired) electrons. The zero-order valence-corrected chi connectivity index (χ0v) is 12.7. The highest BCUT2D eigenvalue weighted by Crippen LogP contribution is 2.30. The second kappa shape index (κ2) is 6.06. The predicted molar refractivity (Wildman–Crippen MR) is 78.1 cm³/mol. The molecule has 1 N–H and O–H groups in total. The molecule has 1 aliphatic carbocycles. The van der Waals surface area contributed by atoms with Crippen LogP contribution in [-0.2, 0) is 10.0 Å². The molecule has 0 aromatic heterocycles. The van der Waals surface area contributed by atoms with Crippen molar-refractivity contribution in [1.29, 1.82) is 0 Å². The van der Waals surface area contributed by atoms with E-state index in [0.29, 0.717) is 23.9 Å². The molecule has 2 rings (SSSR count). The van der Waals surface area contributed by atoms with E-state index in [2.05, 4.69) is 11.6 Å². The summed E-state index contributed by atoms with van der Waals surface area (Å²) in [5.41, 5.74) is 0.522. The molecule has 110 valence electrons. The van der Waals surface area contributed by atoms with E-state index in [1.54, 1.807) is 12.1 Å². The summed E-state index contributed by atoms with van der Waals surface area (Å²) >= 11 is 0. The Morgan fingerprint density at radius 1 is 1.25 bits per heavy atom. The fraction of sp³-hybridized carbons (Fsp3) is 0.533. The van der Waals surface area contributed by atoms with Gasteiger partial charge in [0.15, 0.2) is 5.78 Å². The monoisotopic (exact) mass is 295 g/mol. The molecule has 0 bridgehead atoms. The molecule has 2 atom stereocenters. The van der Waals surface area contributed by atoms with Gasteiger partial charge in [-0.15, -0.1) is 0 Å². The molecule has 1 saturated carbocycles. The van der Waals surface area contributed by atoms with E-state index in [4.69, 9.17) is 0 Å². The molecule has 1 aromatic carbocycles. The van der Waals surface area contributed by atoms with Gasteiger partial charge in [0.1, 0.15) is 0 Å². The fourth-order valence-electron chi connectivity index (χ4n) is 2.69. The standard InChI is InChI=1S/C15H21NO3S/c1-11-4-3-5-14(11)10-16-20(18,19)15-8-6-13(7-9-15)12(2)17/h6-9,11,14,16H,3-5,10H2,1-2H3. The van der Waals surface area contributed by atoms with Gasteiger partial charge in [-0.2, -0.15) is 0 Å². The summed E-state index contributed by atoms with van der Waals surface area (Å²) in [7, 11) is -3.47. The minimum atomic E-state index is -3.47. The van der Waals surface area contributed by atoms with Gasteiger partial charge in [0.2, 0.25) is 10.0 Å². The van der Waals surface area contributed by atoms with Crippen LogP contribution in [0.25, 0.3) is 0 Å². The highest BCUT2D eigenvalue weighted by Gasteiger charge is 2.25. The lowest BCUT2D eigenvalue weighted by molar-refractivity contribution is 0.101. The minimum Gasteiger partial charge on any atom is -0.295 e. The molecular formula is C15H21NO3S. The van der Waals surface area contributed by atoms with Gasteiger partial charge in [0.25, 0.3) is 0 Å². The summed E-state index contributed by atoms with van der Waals surface area (Å²) in [6.07, 6.45) is 3.45. The van der Waals surface area contributed by atoms with E-state index < -0.39 is 10.0 Å². The van der Waals surface area contributed by atoms with Crippen molar-refractivity contribution in [2.45, 2.75) is 38.0 Å². The van der Waals surface area contributed by atoms with Crippen molar-refractivity contribution in [2.75, 3.05) is 6.54 Å². The third kappa shape index (κ3) is 3.46. The molecule has 5 heteroatoms. The minimum absolute atomic E-state index is 0.0679. The molecule has 0 amide bonds. The number of sulfonamides is 1. The largest absolute Gasteiger partial charge is 0.295 e. The van der Waals surface area contributed by atoms with E-state index in [1.807, 2.05) is 0 Å². The topological polar surface area (TPSA) is 63.2 Å². The van der Waals surface area contributed by atoms with Gasteiger partial charge in [-0.25, -0.2) is 13.1 Å². The van der Waals surface area contributed by atoms with Crippen LogP contribution in [0.5, 0.6) is 0 Å². The van der Waals surface area contributed by atoms with Crippen molar-refractivity contribution >= 4 is 15.8 Å². The number of ketones is 1. The van der Waals surface area contributed by atoms with Gasteiger partial charge in [-0.1, -0.05) is 31.9 Å². The number of benzene rings is 1. The summed E-state index contributed by atoms with van der Waals surface area (Å²) in [6.45, 7) is 4.13. The van der Waals surface area contributed by atoms with Crippen LogP contribution in [-0.4, -0.2) is 20.7 Å². The second-order valence-corrected chi connectivity index (χ2v) is 7.37. The second-order valence-electron chi connectivity index (χ2n) is 5.60. The third-order valence-electron chi connectivity index (χ3n) is 4.15. The Labute approximate surface area is 120 Å². The Morgan fingerprint density at radius 3 is 2.40 bits per heavy atom. The first-order valence-electron chi connectivity index (χ1n) is 7.01. The summed E-state index contributed by atoms with van der Waals surface area (Å²) in [5, 5.41) is 0. The van der Waals surface area contributed by atoms with Crippen LogP contribution in [0, 0.1) is 11.8 Å². The van der Waals surface area contributed by atoms with Crippen LogP contribution < -0.4 is 4.72 Å². The molecule has 0 saturated heterocycles. The first-order chi connectivity index (χ1) is 9.40. The first kappa shape index (κ1) is 15.2. The number of nitrogens with one attached hydrogen (secondary N) is 1. The van der Waals surface area contributed by atoms with Crippen LogP contribution >= 0.6 is 0 Å². The molecular weight excluding hydrogens is 274 g/mol. The van der Waals surface area contributed by atoms with E-state index in [-0.39, 0.29) is 10.7 Å². The third-order valence-corrected chi connectivity index (χ3v) is 5.59. The number of hydrogen-bond acceptors (Lipinski definition) is 3. The lowest BCUT2D eigenvalue weighted by Crippen LogP contribution is -2.30. The van der Waals surface area contributed by atoms with Crippen LogP contribution in [0.4, 0.5) is 0 Å². The molecule has 1 aliphatic rings. The molecule has 1 aromatic rings. The van der Waals surface area contributed by atoms with Gasteiger partial charge in [-0.05, 0) is 37.3 Å². The summed E-state index contributed by atoms with van der Waals surface area (Å²) in [6, 6.07) is 6.07. The van der Waals surface area contributed by atoms with Crippen molar-refractivity contribution in [3.05, 3.63) is 29.8 Å². The Hall–Kier alpha value is -1.20. The Kier molecular flexibility index (Phi) is 4.60. The van der Waals surface area contributed by atoms with Gasteiger partial charge in [-0.3, -0.25) is 4.79 Å². The highest BCUT2D eigenvalue weighted by atomic mass is 32.2. The molecule has 0 heterocycles. The number of hydrogen-bond donors (Lipinski definition) is 1. The lowest BCUT2D eigenvalue weighted by atomic mass is 9.99. The van der Waals surface area contributed by atoms with Crippen molar-refractivity contribution in [3.8, 4) is 0 Å². The SMILES string of the molecule is CC(=O)c1ccc(S(=O)(=O)NCC2CCCC2C)cc1. The summed E-state index contributed by atoms with van der Waals surface area (Å²) in [5.74, 6) is 0.945. The zero-order valence-electron chi connectivity index (χ0n) is 11.9. The average Bonchev–Trinajstić information content (AvgIpc) is 2.82. The van der Waals surface area contributed by atoms with Crippen molar-refractivity contribution < 1.29 is 13.2 Å². The van der Waals surface area contributed by atoms with Gasteiger partial charge >= 0.3 is 0 Å². The van der Waals surface area contributed by atoms with Crippen molar-refractivity contribution in [2.24, 2.45) is 11.8 Å². The van der Waals surface area contributed by atoms with Gasteiger partial charge in [0.05, 0.1) is 4.90 Å². The first-order valence-corrected chi connectivity index (χ1v) is 8.49. The maximum Gasteiger partial charge on any atom is 0.240 e. The molecule has 0 aliphatic heterocycles. The van der Waals surface area contributed by atoms with Crippen molar-refractivity contribution in [1.82, 2.24) is 4.72 Å². The zero-order chi connectivity index (χ0) is 14.8. The average molecular weight is 295 g/mol. The highest BCUT2D eigenvalue weighted by molar-refractivity contribution is 7.89. The summed E-state index contributed by atoms with van der Waals surface area (Å²) in [4.78, 5) is 11.4. The summed E-state index contributed by atoms with van der Waals surface area (Å²) < 4.78 is 27.0. The Bertz CT molecular complexity index is 578. The molecule has 20 heavy (non-hydrogen) atoms. The van der Waals surface area contributed by atoms with Gasteiger partial charge in [0, 0.05) is 12.1 Å². The number of Topliss-reactive ketones (excluding diaryl/α,β-unsaturated/α-hetero) is 1. The predicted octanol–water partition coefficient (Wildman–Crippen LogP) is 2.60. The molecule has 2 unspecified atom stereocenters.